The average Bonchev–Trinajstić information content (AvgIpc) is 2.63. The van der Waals surface area contributed by atoms with E-state index in [1.165, 1.54) is 0 Å². The first-order valence-electron chi connectivity index (χ1n) is 7.73. The smallest absolute Gasteiger partial charge is 0.472 e. The normalized spacial score (nSPS) is 10.1. The molecule has 0 aliphatic heterocycles. The first-order chi connectivity index (χ1) is 13.3. The lowest BCUT2D eigenvalue weighted by molar-refractivity contribution is -0.969. The summed E-state index contributed by atoms with van der Waals surface area (Å²) >= 11 is 0. The number of guanidine groups is 1. The number of aromatic hydroxyl groups is 2. The molecule has 0 amide bonds. The maximum atomic E-state index is 9.78. The van der Waals surface area contributed by atoms with Gasteiger partial charge in [0.1, 0.15) is 16.4 Å². The van der Waals surface area contributed by atoms with E-state index in [4.69, 9.17) is 26.8 Å². The van der Waals surface area contributed by atoms with Gasteiger partial charge in [0.05, 0.1) is 5.71 Å². The molecular weight excluding hydrogens is 366 g/mol. The SMILES string of the molecule is NC(N)=NN=C(/C=C/c1ccccc1O)/C=C/c1ccccc1O.O=[N+](O)O. The third kappa shape index (κ3) is 8.67. The van der Waals surface area contributed by atoms with Gasteiger partial charge in [-0.05, 0) is 36.4 Å². The highest BCUT2D eigenvalue weighted by atomic mass is 16.9. The number of benzene rings is 2. The van der Waals surface area contributed by atoms with Gasteiger partial charge < -0.3 is 21.7 Å². The second-order valence-corrected chi connectivity index (χ2v) is 5.09. The second-order valence-electron chi connectivity index (χ2n) is 5.09. The summed E-state index contributed by atoms with van der Waals surface area (Å²) in [6.07, 6.45) is 6.67. The van der Waals surface area contributed by atoms with Crippen molar-refractivity contribution in [1.29, 1.82) is 0 Å². The number of rotatable bonds is 5. The zero-order chi connectivity index (χ0) is 20.9. The Kier molecular flexibility index (Phi) is 8.77. The lowest BCUT2D eigenvalue weighted by Crippen LogP contribution is -2.22. The van der Waals surface area contributed by atoms with Crippen molar-refractivity contribution >= 4 is 23.8 Å². The Morgan fingerprint density at radius 1 is 0.821 bits per heavy atom. The molecule has 2 aromatic carbocycles. The van der Waals surface area contributed by atoms with Crippen LogP contribution < -0.4 is 11.5 Å². The molecule has 8 N–H and O–H groups in total. The van der Waals surface area contributed by atoms with E-state index in [2.05, 4.69) is 10.2 Å². The topological polar surface area (TPSA) is 178 Å². The fraction of sp³-hybridized carbons (Fsp3) is 0. The van der Waals surface area contributed by atoms with Crippen molar-refractivity contribution in [3.05, 3.63) is 76.7 Å². The van der Waals surface area contributed by atoms with Crippen LogP contribution in [0.2, 0.25) is 0 Å². The maximum absolute atomic E-state index is 9.78. The van der Waals surface area contributed by atoms with Crippen molar-refractivity contribution < 1.29 is 25.7 Å². The number of allylic oxidation sites excluding steroid dienone is 2. The molecule has 10 heteroatoms. The summed E-state index contributed by atoms with van der Waals surface area (Å²) in [6.45, 7) is 0. The molecule has 0 saturated heterocycles. The molecule has 0 bridgehead atoms. The van der Waals surface area contributed by atoms with Crippen molar-refractivity contribution in [3.63, 3.8) is 0 Å². The largest absolute Gasteiger partial charge is 0.507 e. The zero-order valence-corrected chi connectivity index (χ0v) is 14.6. The standard InChI is InChI=1S/C18H18N4O2.H2NO3/c19-18(20)22-21-15(11-9-13-5-1-3-7-16(13)23)12-10-14-6-2-4-8-17(14)24;2-1(3)4/h1-12,23-24H,(H4,19,20,22);(H2,2,3,4)/q;+1/b11-9+,12-10+;. The quantitative estimate of drug-likeness (QED) is 0.258. The molecule has 0 atom stereocenters. The van der Waals surface area contributed by atoms with Crippen molar-refractivity contribution in [2.24, 2.45) is 21.7 Å². The van der Waals surface area contributed by atoms with Gasteiger partial charge in [0.15, 0.2) is 0 Å². The van der Waals surface area contributed by atoms with E-state index in [1.54, 1.807) is 60.7 Å². The van der Waals surface area contributed by atoms with Gasteiger partial charge in [0.2, 0.25) is 5.96 Å². The Labute approximate surface area is 160 Å². The number of hydrogen-bond donors (Lipinski definition) is 6. The fourth-order valence-electron chi connectivity index (χ4n) is 1.84. The van der Waals surface area contributed by atoms with Crippen LogP contribution in [-0.4, -0.2) is 37.4 Å². The molecule has 0 fully saturated rings. The van der Waals surface area contributed by atoms with E-state index in [0.29, 0.717) is 16.8 Å². The van der Waals surface area contributed by atoms with E-state index in [-0.39, 0.29) is 17.5 Å². The minimum absolute atomic E-state index is 0.152. The monoisotopic (exact) mass is 386 g/mol. The lowest BCUT2D eigenvalue weighted by atomic mass is 10.1. The summed E-state index contributed by atoms with van der Waals surface area (Å²) < 4.78 is 0. The van der Waals surface area contributed by atoms with Crippen LogP contribution in [0.5, 0.6) is 11.5 Å². The van der Waals surface area contributed by atoms with Gasteiger partial charge in [-0.15, -0.1) is 10.2 Å². The molecule has 2 aromatic rings. The van der Waals surface area contributed by atoms with Crippen molar-refractivity contribution in [3.8, 4) is 11.5 Å². The predicted molar refractivity (Wildman–Crippen MR) is 105 cm³/mol. The van der Waals surface area contributed by atoms with Gasteiger partial charge in [-0.25, -0.2) is 10.4 Å². The highest BCUT2D eigenvalue weighted by Gasteiger charge is 1.97. The molecular formula is C18H20N5O5+. The van der Waals surface area contributed by atoms with Crippen LogP contribution in [0.4, 0.5) is 0 Å². The summed E-state index contributed by atoms with van der Waals surface area (Å²) in [6, 6.07) is 13.8. The second kappa shape index (κ2) is 11.3. The highest BCUT2D eigenvalue weighted by molar-refractivity contribution is 6.09. The van der Waals surface area contributed by atoms with Crippen LogP contribution in [-0.2, 0) is 0 Å². The van der Waals surface area contributed by atoms with Crippen molar-refractivity contribution in [2.75, 3.05) is 0 Å². The maximum Gasteiger partial charge on any atom is 0.472 e. The van der Waals surface area contributed by atoms with Crippen LogP contribution in [0.25, 0.3) is 12.2 Å². The zero-order valence-electron chi connectivity index (χ0n) is 14.6. The van der Waals surface area contributed by atoms with Gasteiger partial charge in [0.25, 0.3) is 0 Å². The van der Waals surface area contributed by atoms with Gasteiger partial charge in [-0.1, -0.05) is 36.4 Å². The Bertz CT molecular complexity index is 857. The van der Waals surface area contributed by atoms with E-state index >= 15 is 0 Å². The molecule has 146 valence electrons. The molecule has 0 radical (unpaired) electrons. The van der Waals surface area contributed by atoms with E-state index in [1.807, 2.05) is 12.1 Å². The molecule has 0 unspecified atom stereocenters. The molecule has 0 heterocycles. The summed E-state index contributed by atoms with van der Waals surface area (Å²) in [4.78, 5) is 8.47. The predicted octanol–water partition coefficient (Wildman–Crippen LogP) is 2.00. The molecule has 28 heavy (non-hydrogen) atoms. The number of phenols is 2. The molecule has 0 saturated carbocycles. The van der Waals surface area contributed by atoms with Gasteiger partial charge >= 0.3 is 5.09 Å². The Hall–Kier alpha value is -4.34. The number of hydrogen-bond acceptors (Lipinski definition) is 5. The molecule has 0 aliphatic carbocycles. The number of nitrogens with zero attached hydrogens (tertiary/aromatic N) is 3. The number of phenolic OH excluding ortho intramolecular Hbond substituents is 2. The molecule has 0 aliphatic rings. The molecule has 0 aromatic heterocycles. The van der Waals surface area contributed by atoms with E-state index in [0.717, 1.165) is 0 Å². The molecule has 0 spiro atoms. The Balaban J connectivity index is 0.000000892. The fourth-order valence-corrected chi connectivity index (χ4v) is 1.84. The minimum Gasteiger partial charge on any atom is -0.507 e. The van der Waals surface area contributed by atoms with E-state index in [9.17, 15) is 10.2 Å². The number of nitrogens with two attached hydrogens (primary N) is 2. The van der Waals surface area contributed by atoms with Crippen LogP contribution >= 0.6 is 0 Å². The van der Waals surface area contributed by atoms with Gasteiger partial charge in [-0.3, -0.25) is 0 Å². The van der Waals surface area contributed by atoms with Crippen molar-refractivity contribution in [2.45, 2.75) is 0 Å². The summed E-state index contributed by atoms with van der Waals surface area (Å²) in [5, 5.41) is 39.6. The Morgan fingerprint density at radius 2 is 1.21 bits per heavy atom. The average molecular weight is 386 g/mol. The van der Waals surface area contributed by atoms with Crippen LogP contribution in [0, 0.1) is 4.91 Å². The van der Waals surface area contributed by atoms with Crippen molar-refractivity contribution in [1.82, 2.24) is 0 Å². The van der Waals surface area contributed by atoms with Crippen LogP contribution in [0.3, 0.4) is 0 Å². The van der Waals surface area contributed by atoms with Gasteiger partial charge in [-0.2, -0.15) is 0 Å². The minimum atomic E-state index is -1.25. The summed E-state index contributed by atoms with van der Waals surface area (Å²) in [5.41, 5.74) is 12.3. The number of para-hydroxylation sites is 2. The first kappa shape index (κ1) is 21.7. The van der Waals surface area contributed by atoms with Gasteiger partial charge in [0, 0.05) is 11.1 Å². The third-order valence-corrected chi connectivity index (χ3v) is 3.02. The lowest BCUT2D eigenvalue weighted by Gasteiger charge is -1.99. The third-order valence-electron chi connectivity index (χ3n) is 3.02. The highest BCUT2D eigenvalue weighted by Crippen LogP contribution is 2.18. The van der Waals surface area contributed by atoms with E-state index < -0.39 is 5.09 Å². The Morgan fingerprint density at radius 3 is 1.57 bits per heavy atom. The summed E-state index contributed by atoms with van der Waals surface area (Å²) in [5.74, 6) is 0.138. The first-order valence-corrected chi connectivity index (χ1v) is 7.73. The van der Waals surface area contributed by atoms with Crippen LogP contribution in [0.15, 0.2) is 70.9 Å². The summed E-state index contributed by atoms with van der Waals surface area (Å²) in [7, 11) is 0. The molecule has 2 rings (SSSR count). The molecule has 10 nitrogen and oxygen atoms in total. The van der Waals surface area contributed by atoms with Crippen LogP contribution in [0.1, 0.15) is 11.1 Å².